The number of likely N-dealkylation sites (tertiary alicyclic amines) is 1. The minimum Gasteiger partial charge on any atom is -0.507 e. The van der Waals surface area contributed by atoms with Gasteiger partial charge in [-0.1, -0.05) is 17.7 Å². The van der Waals surface area contributed by atoms with Crippen LogP contribution in [0.4, 0.5) is 0 Å². The summed E-state index contributed by atoms with van der Waals surface area (Å²) in [5, 5.41) is 11.6. The summed E-state index contributed by atoms with van der Waals surface area (Å²) < 4.78 is 16.5. The molecular weight excluding hydrogens is 434 g/mol. The summed E-state index contributed by atoms with van der Waals surface area (Å²) in [6, 6.07) is 10.8. The van der Waals surface area contributed by atoms with E-state index < -0.39 is 17.7 Å². The Morgan fingerprint density at radius 1 is 1.12 bits per heavy atom. The van der Waals surface area contributed by atoms with Crippen molar-refractivity contribution in [2.24, 2.45) is 0 Å². The van der Waals surface area contributed by atoms with Gasteiger partial charge in [-0.15, -0.1) is 0 Å². The van der Waals surface area contributed by atoms with Gasteiger partial charge in [0.05, 0.1) is 31.9 Å². The van der Waals surface area contributed by atoms with Crippen molar-refractivity contribution in [3.8, 4) is 11.5 Å². The first-order valence-corrected chi connectivity index (χ1v) is 10.7. The number of ether oxygens (including phenoxy) is 3. The Hall–Kier alpha value is -3.03. The molecule has 2 aliphatic rings. The van der Waals surface area contributed by atoms with Gasteiger partial charge < -0.3 is 24.2 Å². The molecule has 2 fully saturated rings. The number of benzene rings is 2. The number of hydrogen-bond donors (Lipinski definition) is 1. The Bertz CT molecular complexity index is 1060. The van der Waals surface area contributed by atoms with E-state index in [0.29, 0.717) is 34.3 Å². The molecule has 0 spiro atoms. The van der Waals surface area contributed by atoms with Crippen LogP contribution in [0.1, 0.15) is 30.0 Å². The molecule has 168 valence electrons. The predicted molar refractivity (Wildman–Crippen MR) is 119 cm³/mol. The molecule has 0 aromatic heterocycles. The first-order valence-electron chi connectivity index (χ1n) is 10.3. The Morgan fingerprint density at radius 2 is 1.84 bits per heavy atom. The molecule has 0 radical (unpaired) electrons. The van der Waals surface area contributed by atoms with Crippen LogP contribution in [0.25, 0.3) is 5.76 Å². The van der Waals surface area contributed by atoms with Gasteiger partial charge in [0.1, 0.15) is 5.76 Å². The van der Waals surface area contributed by atoms with Crippen molar-refractivity contribution < 1.29 is 28.9 Å². The molecule has 0 unspecified atom stereocenters. The van der Waals surface area contributed by atoms with E-state index in [4.69, 9.17) is 25.8 Å². The highest BCUT2D eigenvalue weighted by Crippen LogP contribution is 2.42. The molecule has 4 rings (SSSR count). The number of halogens is 1. The fourth-order valence-corrected chi connectivity index (χ4v) is 4.33. The van der Waals surface area contributed by atoms with E-state index in [1.165, 1.54) is 19.1 Å². The third kappa shape index (κ3) is 4.06. The lowest BCUT2D eigenvalue weighted by atomic mass is 9.95. The van der Waals surface area contributed by atoms with E-state index in [9.17, 15) is 14.7 Å². The maximum atomic E-state index is 13.1. The van der Waals surface area contributed by atoms with Crippen molar-refractivity contribution in [1.82, 2.24) is 4.90 Å². The zero-order valence-electron chi connectivity index (χ0n) is 17.8. The van der Waals surface area contributed by atoms with Crippen molar-refractivity contribution in [2.75, 3.05) is 27.4 Å². The highest BCUT2D eigenvalue weighted by Gasteiger charge is 2.47. The lowest BCUT2D eigenvalue weighted by Crippen LogP contribution is -2.36. The van der Waals surface area contributed by atoms with Gasteiger partial charge >= 0.3 is 0 Å². The normalized spacial score (nSPS) is 22.4. The van der Waals surface area contributed by atoms with Crippen molar-refractivity contribution in [3.63, 3.8) is 0 Å². The van der Waals surface area contributed by atoms with Crippen LogP contribution in [-0.2, 0) is 14.3 Å². The largest absolute Gasteiger partial charge is 0.507 e. The highest BCUT2D eigenvalue weighted by molar-refractivity contribution is 6.46. The van der Waals surface area contributed by atoms with Gasteiger partial charge in [-0.25, -0.2) is 0 Å². The van der Waals surface area contributed by atoms with E-state index in [1.807, 2.05) is 0 Å². The molecule has 2 saturated heterocycles. The SMILES string of the molecule is COc1ccc([C@H]2/C(=C(\O)c3ccc(Cl)cc3)C(=O)C(=O)N2C[C@H]2CCCO2)cc1OC. The van der Waals surface area contributed by atoms with E-state index in [0.717, 1.165) is 12.8 Å². The molecule has 7 nitrogen and oxygen atoms in total. The standard InChI is InChI=1S/C24H24ClNO6/c1-30-18-10-7-15(12-19(18)31-2)21-20(22(27)14-5-8-16(25)9-6-14)23(28)24(29)26(21)13-17-4-3-11-32-17/h5-10,12,17,21,27H,3-4,11,13H2,1-2H3/b22-20+/t17-,21+/m1/s1. The summed E-state index contributed by atoms with van der Waals surface area (Å²) in [4.78, 5) is 27.6. The summed E-state index contributed by atoms with van der Waals surface area (Å²) in [7, 11) is 3.04. The molecule has 0 saturated carbocycles. The number of carbonyl (C=O) groups is 2. The molecule has 0 aliphatic carbocycles. The van der Waals surface area contributed by atoms with E-state index in [2.05, 4.69) is 0 Å². The van der Waals surface area contributed by atoms with Gasteiger partial charge in [-0.05, 0) is 54.8 Å². The summed E-state index contributed by atoms with van der Waals surface area (Å²) in [6.07, 6.45) is 1.55. The van der Waals surface area contributed by atoms with Crippen LogP contribution in [0.3, 0.4) is 0 Å². The molecule has 2 aromatic rings. The number of rotatable bonds is 6. The second kappa shape index (κ2) is 9.22. The number of aliphatic hydroxyl groups is 1. The lowest BCUT2D eigenvalue weighted by molar-refractivity contribution is -0.140. The van der Waals surface area contributed by atoms with Crippen LogP contribution < -0.4 is 9.47 Å². The predicted octanol–water partition coefficient (Wildman–Crippen LogP) is 3.96. The van der Waals surface area contributed by atoms with Crippen LogP contribution in [-0.4, -0.2) is 55.2 Å². The minimum absolute atomic E-state index is 0.0162. The number of methoxy groups -OCH3 is 2. The molecular formula is C24H24ClNO6. The maximum absolute atomic E-state index is 13.1. The number of aliphatic hydroxyl groups excluding tert-OH is 1. The number of carbonyl (C=O) groups excluding carboxylic acids is 2. The molecule has 0 bridgehead atoms. The van der Waals surface area contributed by atoms with E-state index >= 15 is 0 Å². The molecule has 2 atom stereocenters. The highest BCUT2D eigenvalue weighted by atomic mass is 35.5. The second-order valence-electron chi connectivity index (χ2n) is 7.71. The number of nitrogens with zero attached hydrogens (tertiary/aromatic N) is 1. The van der Waals surface area contributed by atoms with Gasteiger partial charge in [0, 0.05) is 23.7 Å². The van der Waals surface area contributed by atoms with Crippen molar-refractivity contribution in [3.05, 3.63) is 64.2 Å². The Labute approximate surface area is 191 Å². The molecule has 2 heterocycles. The quantitative estimate of drug-likeness (QED) is 0.401. The first kappa shape index (κ1) is 22.2. The zero-order chi connectivity index (χ0) is 22.8. The second-order valence-corrected chi connectivity index (χ2v) is 8.14. The summed E-state index contributed by atoms with van der Waals surface area (Å²) in [5.41, 5.74) is 1.04. The Morgan fingerprint density at radius 3 is 2.47 bits per heavy atom. The smallest absolute Gasteiger partial charge is 0.295 e. The van der Waals surface area contributed by atoms with Gasteiger partial charge in [-0.3, -0.25) is 9.59 Å². The molecule has 32 heavy (non-hydrogen) atoms. The monoisotopic (exact) mass is 457 g/mol. The van der Waals surface area contributed by atoms with Gasteiger partial charge in [0.2, 0.25) is 0 Å². The molecule has 1 N–H and O–H groups in total. The maximum Gasteiger partial charge on any atom is 0.295 e. The lowest BCUT2D eigenvalue weighted by Gasteiger charge is -2.28. The number of amides is 1. The third-order valence-corrected chi connectivity index (χ3v) is 6.06. The van der Waals surface area contributed by atoms with Gasteiger partial charge in [0.25, 0.3) is 11.7 Å². The average molecular weight is 458 g/mol. The topological polar surface area (TPSA) is 85.3 Å². The Balaban J connectivity index is 1.85. The molecule has 1 amide bonds. The van der Waals surface area contributed by atoms with Crippen LogP contribution in [0.2, 0.25) is 5.02 Å². The van der Waals surface area contributed by atoms with Crippen molar-refractivity contribution in [1.29, 1.82) is 0 Å². The number of hydrogen-bond acceptors (Lipinski definition) is 6. The fourth-order valence-electron chi connectivity index (χ4n) is 4.21. The third-order valence-electron chi connectivity index (χ3n) is 5.81. The number of ketones is 1. The molecule has 2 aromatic carbocycles. The summed E-state index contributed by atoms with van der Waals surface area (Å²) in [5.74, 6) is -0.690. The summed E-state index contributed by atoms with van der Waals surface area (Å²) >= 11 is 5.97. The first-order chi connectivity index (χ1) is 15.4. The van der Waals surface area contributed by atoms with Crippen LogP contribution in [0.5, 0.6) is 11.5 Å². The van der Waals surface area contributed by atoms with Crippen LogP contribution >= 0.6 is 11.6 Å². The van der Waals surface area contributed by atoms with Gasteiger partial charge in [-0.2, -0.15) is 0 Å². The van der Waals surface area contributed by atoms with Crippen molar-refractivity contribution in [2.45, 2.75) is 25.0 Å². The minimum atomic E-state index is -0.797. The number of Topliss-reactive ketones (excluding diaryl/α,β-unsaturated/α-hetero) is 1. The van der Waals surface area contributed by atoms with E-state index in [1.54, 1.807) is 42.5 Å². The molecule has 2 aliphatic heterocycles. The summed E-state index contributed by atoms with van der Waals surface area (Å²) in [6.45, 7) is 0.876. The van der Waals surface area contributed by atoms with Crippen LogP contribution in [0, 0.1) is 0 Å². The van der Waals surface area contributed by atoms with E-state index in [-0.39, 0.29) is 24.0 Å². The van der Waals surface area contributed by atoms with Crippen molar-refractivity contribution >= 4 is 29.1 Å². The fraction of sp³-hybridized carbons (Fsp3) is 0.333. The Kier molecular flexibility index (Phi) is 6.39. The van der Waals surface area contributed by atoms with Gasteiger partial charge in [0.15, 0.2) is 11.5 Å². The average Bonchev–Trinajstić information content (AvgIpc) is 3.41. The zero-order valence-corrected chi connectivity index (χ0v) is 18.6. The van der Waals surface area contributed by atoms with Crippen LogP contribution in [0.15, 0.2) is 48.0 Å². The molecule has 8 heteroatoms.